The van der Waals surface area contributed by atoms with Crippen molar-refractivity contribution in [1.82, 2.24) is 0 Å². The summed E-state index contributed by atoms with van der Waals surface area (Å²) in [5, 5.41) is 0.615. The van der Waals surface area contributed by atoms with Crippen molar-refractivity contribution < 1.29 is 14.3 Å². The minimum atomic E-state index is -0.650. The number of rotatable bonds is 6. The molecule has 6 heteroatoms. The fraction of sp³-hybridized carbons (Fsp3) is 0.269. The minimum Gasteiger partial charge on any atom is -0.493 e. The van der Waals surface area contributed by atoms with Crippen molar-refractivity contribution in [2.45, 2.75) is 41.0 Å². The van der Waals surface area contributed by atoms with E-state index in [0.29, 0.717) is 17.4 Å². The van der Waals surface area contributed by atoms with E-state index in [2.05, 4.69) is 6.92 Å². The van der Waals surface area contributed by atoms with Gasteiger partial charge in [0.25, 0.3) is 0 Å². The molecule has 3 rings (SSSR count). The Balaban J connectivity index is 2.18. The van der Waals surface area contributed by atoms with Gasteiger partial charge < -0.3 is 9.47 Å². The molecule has 0 unspecified atom stereocenters. The first-order valence-electron chi connectivity index (χ1n) is 10.4. The molecule has 0 aromatic heterocycles. The number of carbonyl (C=O) groups is 1. The molecule has 0 fully saturated rings. The highest BCUT2D eigenvalue weighted by molar-refractivity contribution is 6.41. The maximum Gasteiger partial charge on any atom is 0.346 e. The van der Waals surface area contributed by atoms with Crippen molar-refractivity contribution in [2.75, 3.05) is 6.61 Å². The van der Waals surface area contributed by atoms with Gasteiger partial charge in [0.05, 0.1) is 22.2 Å². The van der Waals surface area contributed by atoms with Gasteiger partial charge in [-0.2, -0.15) is 0 Å². The van der Waals surface area contributed by atoms with Crippen LogP contribution in [0.15, 0.2) is 36.4 Å². The summed E-state index contributed by atoms with van der Waals surface area (Å²) in [6.07, 6.45) is 0.884. The molecule has 3 aromatic rings. The highest BCUT2D eigenvalue weighted by Crippen LogP contribution is 2.43. The fourth-order valence-electron chi connectivity index (χ4n) is 3.51. The number of halogens is 3. The summed E-state index contributed by atoms with van der Waals surface area (Å²) >= 11 is 18.5. The Hall–Kier alpha value is -2.20. The molecule has 0 N–H and O–H groups in total. The lowest BCUT2D eigenvalue weighted by molar-refractivity contribution is 0.0736. The molecular formula is C26H25Cl3O3. The van der Waals surface area contributed by atoms with Crippen LogP contribution in [0.5, 0.6) is 11.5 Å². The van der Waals surface area contributed by atoms with Crippen LogP contribution < -0.4 is 9.47 Å². The molecule has 3 aromatic carbocycles. The third-order valence-corrected chi connectivity index (χ3v) is 6.33. The van der Waals surface area contributed by atoms with E-state index in [-0.39, 0.29) is 15.6 Å². The van der Waals surface area contributed by atoms with Gasteiger partial charge in [-0.25, -0.2) is 4.79 Å². The lowest BCUT2D eigenvalue weighted by Gasteiger charge is -2.21. The van der Waals surface area contributed by atoms with E-state index in [4.69, 9.17) is 44.3 Å². The zero-order valence-corrected chi connectivity index (χ0v) is 21.0. The van der Waals surface area contributed by atoms with Crippen LogP contribution in [0.3, 0.4) is 0 Å². The molecular weight excluding hydrogens is 467 g/mol. The van der Waals surface area contributed by atoms with E-state index in [9.17, 15) is 4.79 Å². The van der Waals surface area contributed by atoms with Gasteiger partial charge in [0.15, 0.2) is 0 Å². The van der Waals surface area contributed by atoms with E-state index in [0.717, 1.165) is 45.6 Å². The second-order valence-corrected chi connectivity index (χ2v) is 8.99. The van der Waals surface area contributed by atoms with Crippen molar-refractivity contribution in [2.24, 2.45) is 0 Å². The maximum atomic E-state index is 13.1. The number of esters is 1. The van der Waals surface area contributed by atoms with Gasteiger partial charge in [-0.1, -0.05) is 53.9 Å². The number of aryl methyl sites for hydroxylation is 2. The van der Waals surface area contributed by atoms with Gasteiger partial charge in [-0.05, 0) is 80.6 Å². The summed E-state index contributed by atoms with van der Waals surface area (Å²) in [6.45, 7) is 10.8. The third kappa shape index (κ3) is 4.91. The number of hydrogen-bond acceptors (Lipinski definition) is 3. The third-order valence-electron chi connectivity index (χ3n) is 5.52. The predicted molar refractivity (Wildman–Crippen MR) is 133 cm³/mol. The summed E-state index contributed by atoms with van der Waals surface area (Å²) in [6, 6.07) is 10.6. The number of benzene rings is 3. The smallest absolute Gasteiger partial charge is 0.346 e. The van der Waals surface area contributed by atoms with E-state index >= 15 is 0 Å². The van der Waals surface area contributed by atoms with Crippen LogP contribution in [-0.4, -0.2) is 12.6 Å². The topological polar surface area (TPSA) is 35.5 Å². The first kappa shape index (κ1) is 24.4. The first-order chi connectivity index (χ1) is 15.1. The van der Waals surface area contributed by atoms with Crippen LogP contribution in [0.2, 0.25) is 15.1 Å². The molecule has 0 radical (unpaired) electrons. The summed E-state index contributed by atoms with van der Waals surface area (Å²) < 4.78 is 11.9. The van der Waals surface area contributed by atoms with Crippen LogP contribution in [0.4, 0.5) is 0 Å². The van der Waals surface area contributed by atoms with Crippen molar-refractivity contribution in [3.05, 3.63) is 79.3 Å². The van der Waals surface area contributed by atoms with Crippen LogP contribution in [0.25, 0.3) is 11.1 Å². The Labute approximate surface area is 204 Å². The monoisotopic (exact) mass is 490 g/mol. The quantitative estimate of drug-likeness (QED) is 0.256. The van der Waals surface area contributed by atoms with E-state index in [1.807, 2.05) is 45.9 Å². The first-order valence-corrected chi connectivity index (χ1v) is 11.5. The molecule has 0 spiro atoms. The second kappa shape index (κ2) is 10.2. The Bertz CT molecular complexity index is 1160. The van der Waals surface area contributed by atoms with Crippen molar-refractivity contribution in [1.29, 1.82) is 0 Å². The Morgan fingerprint density at radius 2 is 1.31 bits per heavy atom. The molecule has 0 aliphatic rings. The van der Waals surface area contributed by atoms with Gasteiger partial charge in [0, 0.05) is 16.1 Å². The van der Waals surface area contributed by atoms with Crippen LogP contribution >= 0.6 is 34.8 Å². The summed E-state index contributed by atoms with van der Waals surface area (Å²) in [5.74, 6) is 0.515. The molecule has 0 saturated heterocycles. The van der Waals surface area contributed by atoms with Crippen LogP contribution in [0.1, 0.15) is 46.0 Å². The standard InChI is InChI=1S/C26H25Cl3O3/c1-6-11-31-21-9-7-14(2)16(4)23(21)24-17(5)15(3)8-10-22(24)32-26(30)25-19(28)12-18(27)13-20(25)29/h7-10,12-13H,6,11H2,1-5H3. The summed E-state index contributed by atoms with van der Waals surface area (Å²) in [7, 11) is 0. The van der Waals surface area contributed by atoms with Gasteiger partial charge in [0.2, 0.25) is 0 Å². The van der Waals surface area contributed by atoms with Crippen molar-refractivity contribution in [3.8, 4) is 22.6 Å². The molecule has 0 heterocycles. The Morgan fingerprint density at radius 3 is 1.84 bits per heavy atom. The molecule has 0 aliphatic heterocycles. The SMILES string of the molecule is CCCOc1ccc(C)c(C)c1-c1c(OC(=O)c2c(Cl)cc(Cl)cc2Cl)ccc(C)c1C. The summed E-state index contributed by atoms with van der Waals surface area (Å²) in [5.41, 5.74) is 6.05. The fourth-order valence-corrected chi connectivity index (χ4v) is 4.48. The van der Waals surface area contributed by atoms with Gasteiger partial charge in [-0.15, -0.1) is 0 Å². The normalized spacial score (nSPS) is 10.9. The molecule has 0 saturated carbocycles. The molecule has 0 bridgehead atoms. The van der Waals surface area contributed by atoms with Gasteiger partial charge in [-0.3, -0.25) is 0 Å². The predicted octanol–water partition coefficient (Wildman–Crippen LogP) is 8.56. The minimum absolute atomic E-state index is 0.0744. The molecule has 0 aliphatic carbocycles. The highest BCUT2D eigenvalue weighted by atomic mass is 35.5. The Kier molecular flexibility index (Phi) is 7.76. The van der Waals surface area contributed by atoms with Crippen molar-refractivity contribution in [3.63, 3.8) is 0 Å². The van der Waals surface area contributed by atoms with Gasteiger partial charge >= 0.3 is 5.97 Å². The van der Waals surface area contributed by atoms with Crippen LogP contribution in [-0.2, 0) is 0 Å². The number of carbonyl (C=O) groups excluding carboxylic acids is 1. The molecule has 32 heavy (non-hydrogen) atoms. The summed E-state index contributed by atoms with van der Waals surface area (Å²) in [4.78, 5) is 13.1. The largest absolute Gasteiger partial charge is 0.493 e. The van der Waals surface area contributed by atoms with Crippen molar-refractivity contribution >= 4 is 40.8 Å². The lowest BCUT2D eigenvalue weighted by atomic mass is 9.90. The Morgan fingerprint density at radius 1 is 0.812 bits per heavy atom. The number of hydrogen-bond donors (Lipinski definition) is 0. The second-order valence-electron chi connectivity index (χ2n) is 7.74. The molecule has 0 atom stereocenters. The van der Waals surface area contributed by atoms with E-state index in [1.54, 1.807) is 6.07 Å². The average molecular weight is 492 g/mol. The molecule has 168 valence electrons. The zero-order valence-electron chi connectivity index (χ0n) is 18.7. The van der Waals surface area contributed by atoms with Gasteiger partial charge in [0.1, 0.15) is 11.5 Å². The van der Waals surface area contributed by atoms with E-state index < -0.39 is 5.97 Å². The highest BCUT2D eigenvalue weighted by Gasteiger charge is 2.24. The molecule has 3 nitrogen and oxygen atoms in total. The lowest BCUT2D eigenvalue weighted by Crippen LogP contribution is -2.12. The van der Waals surface area contributed by atoms with Crippen LogP contribution in [0, 0.1) is 27.7 Å². The maximum absolute atomic E-state index is 13.1. The number of ether oxygens (including phenoxy) is 2. The molecule has 0 amide bonds. The van der Waals surface area contributed by atoms with E-state index in [1.165, 1.54) is 12.1 Å². The zero-order chi connectivity index (χ0) is 23.6. The average Bonchev–Trinajstić information content (AvgIpc) is 2.72.